The van der Waals surface area contributed by atoms with Crippen LogP contribution in [0, 0.1) is 29.1 Å². The zero-order valence-electron chi connectivity index (χ0n) is 61.6. The molecule has 0 radical (unpaired) electrons. The molecule has 4 spiro atoms. The first-order valence-electron chi connectivity index (χ1n) is 38.6. The number of amides is 5. The summed E-state index contributed by atoms with van der Waals surface area (Å²) in [7, 11) is 0. The van der Waals surface area contributed by atoms with E-state index in [1.54, 1.807) is 13.8 Å². The van der Waals surface area contributed by atoms with Gasteiger partial charge in [-0.3, -0.25) is 28.9 Å². The van der Waals surface area contributed by atoms with E-state index in [9.17, 15) is 24.0 Å². The zero-order chi connectivity index (χ0) is 69.4. The van der Waals surface area contributed by atoms with Crippen molar-refractivity contribution in [2.45, 2.75) is 243 Å². The summed E-state index contributed by atoms with van der Waals surface area (Å²) in [6.07, 6.45) is 24.2. The number of rotatable bonds is 15. The van der Waals surface area contributed by atoms with E-state index >= 15 is 0 Å². The smallest absolute Gasteiger partial charge is 0.231 e. The highest BCUT2D eigenvalue weighted by Gasteiger charge is 2.50. The highest BCUT2D eigenvalue weighted by molar-refractivity contribution is 5.82. The molecule has 0 unspecified atom stereocenters. The Morgan fingerprint density at radius 2 is 0.806 bits per heavy atom. The first-order chi connectivity index (χ1) is 46.9. The number of nitrogens with one attached hydrogen (secondary N) is 4. The molecule has 6 N–H and O–H groups in total. The van der Waals surface area contributed by atoms with E-state index in [0.29, 0.717) is 23.3 Å². The van der Waals surface area contributed by atoms with Gasteiger partial charge in [-0.25, -0.2) is 0 Å². The van der Waals surface area contributed by atoms with Crippen LogP contribution in [0.4, 0.5) is 0 Å². The fraction of sp³-hybridized carbons (Fsp3) is 0.655. The van der Waals surface area contributed by atoms with Crippen molar-refractivity contribution in [3.05, 3.63) is 142 Å². The highest BCUT2D eigenvalue weighted by atomic mass is 16.2. The first kappa shape index (κ1) is 73.3. The minimum absolute atomic E-state index is 0. The number of nitrogens with zero attached hydrogens (tertiary/aromatic N) is 4. The van der Waals surface area contributed by atoms with Crippen LogP contribution in [0.2, 0.25) is 0 Å². The van der Waals surface area contributed by atoms with Crippen LogP contribution in [0.5, 0.6) is 0 Å². The third-order valence-electron chi connectivity index (χ3n) is 24.8. The summed E-state index contributed by atoms with van der Waals surface area (Å²) < 4.78 is 0. The summed E-state index contributed by atoms with van der Waals surface area (Å²) in [6.45, 7) is 32.4. The molecule has 4 heterocycles. The number of benzene rings is 4. The molecule has 10 aliphatic rings. The maximum Gasteiger partial charge on any atom is 0.231 e. The van der Waals surface area contributed by atoms with Gasteiger partial charge in [0.2, 0.25) is 29.5 Å². The second-order valence-corrected chi connectivity index (χ2v) is 34.1. The molecule has 4 atom stereocenters. The van der Waals surface area contributed by atoms with Crippen LogP contribution in [0.15, 0.2) is 97.1 Å². The lowest BCUT2D eigenvalue weighted by molar-refractivity contribution is -0.126. The summed E-state index contributed by atoms with van der Waals surface area (Å²) in [5, 5.41) is 13.1. The summed E-state index contributed by atoms with van der Waals surface area (Å²) in [5.74, 6) is 2.48. The minimum Gasteiger partial charge on any atom is -0.369 e. The van der Waals surface area contributed by atoms with Crippen LogP contribution >= 0.6 is 0 Å². The van der Waals surface area contributed by atoms with Gasteiger partial charge in [0.25, 0.3) is 0 Å². The van der Waals surface area contributed by atoms with Gasteiger partial charge in [-0.05, 0) is 255 Å². The fourth-order valence-corrected chi connectivity index (χ4v) is 19.1. The summed E-state index contributed by atoms with van der Waals surface area (Å²) in [4.78, 5) is 69.3. The van der Waals surface area contributed by atoms with Crippen LogP contribution in [0.3, 0.4) is 0 Å². The molecule has 4 aliphatic heterocycles. The van der Waals surface area contributed by atoms with Gasteiger partial charge < -0.3 is 41.7 Å². The highest BCUT2D eigenvalue weighted by Crippen LogP contribution is 2.54. The summed E-state index contributed by atoms with van der Waals surface area (Å²) in [6, 6.07) is 35.8. The largest absolute Gasteiger partial charge is 0.369 e. The van der Waals surface area contributed by atoms with Crippen molar-refractivity contribution in [1.82, 2.24) is 40.9 Å². The lowest BCUT2D eigenvalue weighted by Gasteiger charge is -2.47. The van der Waals surface area contributed by atoms with Gasteiger partial charge in [0.15, 0.2) is 0 Å². The zero-order valence-corrected chi connectivity index (χ0v) is 61.6. The van der Waals surface area contributed by atoms with Gasteiger partial charge in [-0.1, -0.05) is 158 Å². The van der Waals surface area contributed by atoms with E-state index in [-0.39, 0.29) is 81.6 Å². The van der Waals surface area contributed by atoms with E-state index in [1.165, 1.54) is 174 Å². The molecule has 5 amide bonds. The first-order valence-corrected chi connectivity index (χ1v) is 38.6. The van der Waals surface area contributed by atoms with Crippen LogP contribution in [0.1, 0.15) is 272 Å². The van der Waals surface area contributed by atoms with E-state index in [0.717, 1.165) is 89.1 Å². The SMILES string of the molecule is CC(=O)N[C@H]1CC2(CCN(CC(N)=O)CC2)c2ccccc21.CC(=O)N[C@H]1CCC2(CCN(CC(C)C)CC2)c2ccccc21.CC(C)(C)CCN1CCC2(CC1)C[C@H](NC(=O)C1CC1)c1ccccc12.CC(C)CCN1CCC2(CC1)C[C@H](NC(=O)C1CCCC1)c1ccccc12.[HH].[HH].[HH].[HH]. The van der Waals surface area contributed by atoms with Crippen molar-refractivity contribution in [3.63, 3.8) is 0 Å². The van der Waals surface area contributed by atoms with Gasteiger partial charge in [0.1, 0.15) is 0 Å². The average molecular weight is 1350 g/mol. The number of primary amides is 1. The molecule has 14 nitrogen and oxygen atoms in total. The Labute approximate surface area is 595 Å². The molecule has 542 valence electrons. The van der Waals surface area contributed by atoms with Crippen molar-refractivity contribution in [2.75, 3.05) is 78.5 Å². The predicted octanol–water partition coefficient (Wildman–Crippen LogP) is 15.0. The van der Waals surface area contributed by atoms with E-state index < -0.39 is 0 Å². The van der Waals surface area contributed by atoms with Gasteiger partial charge in [-0.2, -0.15) is 0 Å². The average Bonchev–Trinajstić information content (AvgIpc) is 1.52. The molecule has 14 rings (SSSR count). The molecule has 4 aromatic rings. The molecule has 6 aliphatic carbocycles. The maximum absolute atomic E-state index is 12.8. The Kier molecular flexibility index (Phi) is 23.9. The Bertz CT molecular complexity index is 3370. The second kappa shape index (κ2) is 31.9. The molecular weight excluding hydrogens is 1210 g/mol. The number of fused-ring (bicyclic) bond motifs is 8. The Morgan fingerprint density at radius 3 is 1.20 bits per heavy atom. The quantitative estimate of drug-likeness (QED) is 0.0777. The van der Waals surface area contributed by atoms with Crippen molar-refractivity contribution in [3.8, 4) is 0 Å². The van der Waals surface area contributed by atoms with Crippen molar-refractivity contribution in [2.24, 2.45) is 34.8 Å². The lowest BCUT2D eigenvalue weighted by atomic mass is 9.63. The monoisotopic (exact) mass is 1350 g/mol. The second-order valence-electron chi connectivity index (χ2n) is 34.1. The van der Waals surface area contributed by atoms with Crippen molar-refractivity contribution >= 4 is 29.5 Å². The molecular formula is C84H131N9O5. The number of likely N-dealkylation sites (tertiary alicyclic amines) is 4. The van der Waals surface area contributed by atoms with Gasteiger partial charge in [-0.15, -0.1) is 0 Å². The van der Waals surface area contributed by atoms with Gasteiger partial charge >= 0.3 is 0 Å². The lowest BCUT2D eigenvalue weighted by Crippen LogP contribution is -2.46. The van der Waals surface area contributed by atoms with Crippen LogP contribution in [-0.4, -0.2) is 128 Å². The normalized spacial score (nSPS) is 24.4. The number of hydrogen-bond donors (Lipinski definition) is 5. The Morgan fingerprint density at radius 1 is 0.449 bits per heavy atom. The number of carbonyl (C=O) groups is 5. The number of nitrogens with two attached hydrogens (primary N) is 1. The minimum atomic E-state index is -0.265. The molecule has 6 fully saturated rings. The molecule has 98 heavy (non-hydrogen) atoms. The number of hydrogen-bond acceptors (Lipinski definition) is 9. The van der Waals surface area contributed by atoms with E-state index in [1.807, 2.05) is 6.07 Å². The van der Waals surface area contributed by atoms with Crippen LogP contribution in [-0.2, 0) is 45.6 Å². The molecule has 14 heteroatoms. The standard InChI is InChI=1S/C24H36N2O.C23H34N2O.C20H30N2O.C17H23N3O2.4H2/c1-18(2)11-14-26-15-12-24(13-16-26)17-22(20-9-5-6-10-21(20)24)25-23(27)19-7-3-4-8-19;1-22(2,3)10-13-25-14-11-23(12-15-25)16-20(24-21(26)17-8-9-17)18-6-4-5-7-19(18)23;1-15(2)14-22-12-10-20(11-13-22)9-8-19(21-16(3)23)17-6-4-5-7-18(17)20;1-12(21)19-15-10-17(14-5-3-2-4-13(14)15)6-8-20(9-7-17)11-16(18)22;;;;/h5-6,9-10,18-19,22H,3-4,7-8,11-17H2,1-2H3,(H,25,27);4-7,17,20H,8-16H2,1-3H3,(H,24,26);4-7,15,19H,8-14H2,1-3H3,(H,21,23);2-5,15H,6-11H2,1H3,(H2,18,22)(H,19,21);4*1H/t22-;20-;19-;15-;;;;/m0000..../s1. The fourth-order valence-electron chi connectivity index (χ4n) is 19.1. The van der Waals surface area contributed by atoms with E-state index in [4.69, 9.17) is 5.73 Å². The third-order valence-corrected chi connectivity index (χ3v) is 24.8. The number of carbonyl (C=O) groups excluding carboxylic acids is 5. The number of piperidine rings is 4. The Hall–Kier alpha value is -5.93. The van der Waals surface area contributed by atoms with Gasteiger partial charge in [0.05, 0.1) is 30.7 Å². The molecule has 0 bridgehead atoms. The van der Waals surface area contributed by atoms with Crippen LogP contribution in [0.25, 0.3) is 0 Å². The Balaban J connectivity index is 0.000000189. The molecule has 4 aromatic carbocycles. The van der Waals surface area contributed by atoms with E-state index in [2.05, 4.69) is 180 Å². The summed E-state index contributed by atoms with van der Waals surface area (Å²) >= 11 is 0. The molecule has 4 saturated heterocycles. The van der Waals surface area contributed by atoms with Crippen LogP contribution < -0.4 is 27.0 Å². The topological polar surface area (TPSA) is 172 Å². The molecule has 0 aromatic heterocycles. The predicted molar refractivity (Wildman–Crippen MR) is 404 cm³/mol. The summed E-state index contributed by atoms with van der Waals surface area (Å²) in [5.41, 5.74) is 18.0. The van der Waals surface area contributed by atoms with Gasteiger partial charge in [0, 0.05) is 54.2 Å². The van der Waals surface area contributed by atoms with Crippen molar-refractivity contribution in [1.29, 1.82) is 0 Å². The molecule has 2 saturated carbocycles. The van der Waals surface area contributed by atoms with Crippen molar-refractivity contribution < 1.29 is 29.7 Å². The third kappa shape index (κ3) is 17.9. The maximum atomic E-state index is 12.8.